The van der Waals surface area contributed by atoms with Crippen molar-refractivity contribution in [3.63, 3.8) is 0 Å². The van der Waals surface area contributed by atoms with Crippen LogP contribution >= 0.6 is 0 Å². The second-order valence-corrected chi connectivity index (χ2v) is 7.43. The molecule has 3 heterocycles. The lowest BCUT2D eigenvalue weighted by Gasteiger charge is -2.08. The van der Waals surface area contributed by atoms with E-state index in [0.717, 1.165) is 38.7 Å². The highest BCUT2D eigenvalue weighted by Crippen LogP contribution is 2.25. The maximum atomic E-state index is 12.6. The molecule has 0 atom stereocenters. The van der Waals surface area contributed by atoms with E-state index in [0.29, 0.717) is 25.1 Å². The van der Waals surface area contributed by atoms with Crippen LogP contribution in [0.5, 0.6) is 5.75 Å². The molecule has 0 fully saturated rings. The number of carbonyl (C=O) groups is 1. The van der Waals surface area contributed by atoms with Gasteiger partial charge in [0.05, 0.1) is 17.3 Å². The van der Waals surface area contributed by atoms with Gasteiger partial charge in [0.1, 0.15) is 12.4 Å². The minimum Gasteiger partial charge on any atom is -0.489 e. The summed E-state index contributed by atoms with van der Waals surface area (Å²) in [5.41, 5.74) is 4.75. The van der Waals surface area contributed by atoms with Crippen LogP contribution in [0.3, 0.4) is 0 Å². The van der Waals surface area contributed by atoms with E-state index in [-0.39, 0.29) is 5.91 Å². The van der Waals surface area contributed by atoms with Crippen molar-refractivity contribution in [2.45, 2.75) is 13.0 Å². The number of amides is 1. The zero-order valence-electron chi connectivity index (χ0n) is 16.9. The van der Waals surface area contributed by atoms with Crippen molar-refractivity contribution >= 4 is 27.7 Å². The lowest BCUT2D eigenvalue weighted by Crippen LogP contribution is -2.25. The van der Waals surface area contributed by atoms with Gasteiger partial charge >= 0.3 is 0 Å². The van der Waals surface area contributed by atoms with E-state index in [1.165, 1.54) is 0 Å². The molecule has 6 nitrogen and oxygen atoms in total. The SMILES string of the molecule is O=C(NCCc1c[nH]c2ccc(OCc3ccccc3)cc12)c1cncc2[nH]ccc12. The Morgan fingerprint density at radius 2 is 1.87 bits per heavy atom. The zero-order chi connectivity index (χ0) is 21.0. The number of hydrogen-bond acceptors (Lipinski definition) is 3. The van der Waals surface area contributed by atoms with Crippen molar-refractivity contribution < 1.29 is 9.53 Å². The van der Waals surface area contributed by atoms with Crippen LogP contribution in [0.4, 0.5) is 0 Å². The topological polar surface area (TPSA) is 82.8 Å². The van der Waals surface area contributed by atoms with Gasteiger partial charge in [-0.3, -0.25) is 9.78 Å². The van der Waals surface area contributed by atoms with Crippen LogP contribution in [0, 0.1) is 0 Å². The predicted molar refractivity (Wildman–Crippen MR) is 121 cm³/mol. The highest BCUT2D eigenvalue weighted by atomic mass is 16.5. The van der Waals surface area contributed by atoms with Crippen molar-refractivity contribution in [2.24, 2.45) is 0 Å². The highest BCUT2D eigenvalue weighted by molar-refractivity contribution is 6.05. The number of rotatable bonds is 7. The van der Waals surface area contributed by atoms with Crippen LogP contribution in [0.1, 0.15) is 21.5 Å². The molecule has 0 unspecified atom stereocenters. The van der Waals surface area contributed by atoms with Crippen LogP contribution in [0.15, 0.2) is 79.4 Å². The fourth-order valence-corrected chi connectivity index (χ4v) is 3.76. The van der Waals surface area contributed by atoms with Gasteiger partial charge in [-0.25, -0.2) is 0 Å². The maximum Gasteiger partial charge on any atom is 0.253 e. The molecule has 5 rings (SSSR count). The molecule has 0 radical (unpaired) electrons. The summed E-state index contributed by atoms with van der Waals surface area (Å²) in [6, 6.07) is 18.0. The standard InChI is InChI=1S/C25H22N4O2/c30-25(22-14-26-15-24-20(22)9-11-27-24)28-10-8-18-13-29-23-7-6-19(12-21(18)23)31-16-17-4-2-1-3-5-17/h1-7,9,11-15,27,29H,8,10,16H2,(H,28,30). The first-order valence-corrected chi connectivity index (χ1v) is 10.2. The molecule has 0 saturated heterocycles. The largest absolute Gasteiger partial charge is 0.489 e. The molecule has 3 aromatic heterocycles. The summed E-state index contributed by atoms with van der Waals surface area (Å²) in [6.07, 6.45) is 7.84. The third-order valence-corrected chi connectivity index (χ3v) is 5.39. The quantitative estimate of drug-likeness (QED) is 0.367. The summed E-state index contributed by atoms with van der Waals surface area (Å²) in [5.74, 6) is 0.705. The summed E-state index contributed by atoms with van der Waals surface area (Å²) in [7, 11) is 0. The predicted octanol–water partition coefficient (Wildman–Crippen LogP) is 4.60. The monoisotopic (exact) mass is 410 g/mol. The molecule has 0 spiro atoms. The first-order valence-electron chi connectivity index (χ1n) is 10.2. The maximum absolute atomic E-state index is 12.6. The summed E-state index contributed by atoms with van der Waals surface area (Å²) >= 11 is 0. The summed E-state index contributed by atoms with van der Waals surface area (Å²) < 4.78 is 5.96. The van der Waals surface area contributed by atoms with E-state index < -0.39 is 0 Å². The van der Waals surface area contributed by atoms with Crippen molar-refractivity contribution in [2.75, 3.05) is 6.54 Å². The Hall–Kier alpha value is -4.06. The minimum absolute atomic E-state index is 0.121. The number of aromatic nitrogens is 3. The van der Waals surface area contributed by atoms with Crippen LogP contribution in [0.2, 0.25) is 0 Å². The van der Waals surface area contributed by atoms with Crippen LogP contribution in [0.25, 0.3) is 21.8 Å². The van der Waals surface area contributed by atoms with E-state index in [4.69, 9.17) is 4.74 Å². The van der Waals surface area contributed by atoms with Crippen LogP contribution in [-0.4, -0.2) is 27.4 Å². The smallest absolute Gasteiger partial charge is 0.253 e. The molecule has 0 aliphatic heterocycles. The fourth-order valence-electron chi connectivity index (χ4n) is 3.76. The van der Waals surface area contributed by atoms with Crippen LogP contribution in [-0.2, 0) is 13.0 Å². The highest BCUT2D eigenvalue weighted by Gasteiger charge is 2.12. The number of H-pyrrole nitrogens is 2. The van der Waals surface area contributed by atoms with Gasteiger partial charge in [-0.05, 0) is 41.8 Å². The third-order valence-electron chi connectivity index (χ3n) is 5.39. The Labute approximate surface area is 179 Å². The first-order chi connectivity index (χ1) is 15.3. The molecule has 31 heavy (non-hydrogen) atoms. The number of ether oxygens (including phenoxy) is 1. The number of aromatic amines is 2. The van der Waals surface area contributed by atoms with E-state index in [1.54, 1.807) is 12.4 Å². The van der Waals surface area contributed by atoms with Crippen molar-refractivity contribution in [3.05, 3.63) is 96.1 Å². The lowest BCUT2D eigenvalue weighted by atomic mass is 10.1. The van der Waals surface area contributed by atoms with E-state index in [1.807, 2.05) is 60.9 Å². The van der Waals surface area contributed by atoms with Gasteiger partial charge in [0, 0.05) is 41.4 Å². The summed E-state index contributed by atoms with van der Waals surface area (Å²) in [5, 5.41) is 4.99. The van der Waals surface area contributed by atoms with E-state index in [2.05, 4.69) is 26.3 Å². The number of carbonyl (C=O) groups excluding carboxylic acids is 1. The van der Waals surface area contributed by atoms with Gasteiger partial charge in [-0.1, -0.05) is 30.3 Å². The van der Waals surface area contributed by atoms with Gasteiger partial charge < -0.3 is 20.0 Å². The van der Waals surface area contributed by atoms with E-state index in [9.17, 15) is 4.79 Å². The minimum atomic E-state index is -0.121. The Balaban J connectivity index is 1.25. The van der Waals surface area contributed by atoms with Gasteiger partial charge in [0.25, 0.3) is 5.91 Å². The molecule has 5 aromatic rings. The third kappa shape index (κ3) is 4.00. The van der Waals surface area contributed by atoms with Crippen molar-refractivity contribution in [3.8, 4) is 5.75 Å². The molecule has 0 aliphatic rings. The molecule has 0 saturated carbocycles. The van der Waals surface area contributed by atoms with Crippen molar-refractivity contribution in [1.82, 2.24) is 20.3 Å². The van der Waals surface area contributed by atoms with Gasteiger partial charge in [0.2, 0.25) is 0 Å². The Kier molecular flexibility index (Phi) is 5.10. The number of nitrogens with one attached hydrogen (secondary N) is 3. The molecule has 0 bridgehead atoms. The molecule has 3 N–H and O–H groups in total. The number of benzene rings is 2. The number of nitrogens with zero attached hydrogens (tertiary/aromatic N) is 1. The summed E-state index contributed by atoms with van der Waals surface area (Å²) in [4.78, 5) is 23.2. The zero-order valence-corrected chi connectivity index (χ0v) is 16.9. The van der Waals surface area contributed by atoms with Gasteiger partial charge in [-0.15, -0.1) is 0 Å². The molecule has 0 aliphatic carbocycles. The Morgan fingerprint density at radius 1 is 0.968 bits per heavy atom. The Bertz CT molecular complexity index is 1340. The lowest BCUT2D eigenvalue weighted by molar-refractivity contribution is 0.0955. The normalized spacial score (nSPS) is 11.1. The summed E-state index contributed by atoms with van der Waals surface area (Å²) in [6.45, 7) is 1.06. The first kappa shape index (κ1) is 18.9. The molecule has 6 heteroatoms. The second-order valence-electron chi connectivity index (χ2n) is 7.43. The van der Waals surface area contributed by atoms with Crippen LogP contribution < -0.4 is 10.1 Å². The molecular weight excluding hydrogens is 388 g/mol. The molecule has 2 aromatic carbocycles. The second kappa shape index (κ2) is 8.36. The number of hydrogen-bond donors (Lipinski definition) is 3. The molecule has 1 amide bonds. The Morgan fingerprint density at radius 3 is 2.77 bits per heavy atom. The average Bonchev–Trinajstić information content (AvgIpc) is 3.45. The van der Waals surface area contributed by atoms with Gasteiger partial charge in [-0.2, -0.15) is 0 Å². The fraction of sp³-hybridized carbons (Fsp3) is 0.120. The number of pyridine rings is 1. The van der Waals surface area contributed by atoms with Gasteiger partial charge in [0.15, 0.2) is 0 Å². The van der Waals surface area contributed by atoms with Crippen molar-refractivity contribution in [1.29, 1.82) is 0 Å². The molecular formula is C25H22N4O2. The van der Waals surface area contributed by atoms with E-state index >= 15 is 0 Å². The molecule has 154 valence electrons. The number of fused-ring (bicyclic) bond motifs is 2. The average molecular weight is 410 g/mol.